The number of hydrogen-bond acceptors (Lipinski definition) is 7. The van der Waals surface area contributed by atoms with Gasteiger partial charge in [-0.25, -0.2) is 28.1 Å². The number of rotatable bonds is 6. The van der Waals surface area contributed by atoms with E-state index in [1.807, 2.05) is 0 Å². The molecular formula is C21H25F3N6O2. The Morgan fingerprint density at radius 1 is 1.25 bits per heavy atom. The average molecular weight is 450 g/mol. The van der Waals surface area contributed by atoms with Gasteiger partial charge < -0.3 is 19.7 Å². The number of imidazole rings is 1. The van der Waals surface area contributed by atoms with Crippen molar-refractivity contribution in [2.45, 2.75) is 57.5 Å². The number of anilines is 1. The highest BCUT2D eigenvalue weighted by Gasteiger charge is 2.34. The van der Waals surface area contributed by atoms with Crippen LogP contribution in [-0.2, 0) is 13.0 Å². The standard InChI is InChI=1S/C21H25F3N6O2/c1-12(21(2,23)24)30-17-8-14(26-9-16(17)28-19(30)11-31)7-13-3-5-25-20(27-13)29-6-4-18(32)15(22)10-29/h3,5,8-9,12,15,18,31-32H,4,6-7,10-11H2,1-2H3/t12-,15+,18-/m0/s1. The fourth-order valence-corrected chi connectivity index (χ4v) is 3.85. The van der Waals surface area contributed by atoms with Crippen LogP contribution in [0.1, 0.15) is 43.5 Å². The Morgan fingerprint density at radius 2 is 2.03 bits per heavy atom. The number of aliphatic hydroxyl groups is 2. The summed E-state index contributed by atoms with van der Waals surface area (Å²) >= 11 is 0. The van der Waals surface area contributed by atoms with Gasteiger partial charge in [0.15, 0.2) is 0 Å². The number of pyridine rings is 1. The van der Waals surface area contributed by atoms with Crippen molar-refractivity contribution < 1.29 is 23.4 Å². The Hall–Kier alpha value is -2.79. The molecule has 0 aliphatic carbocycles. The summed E-state index contributed by atoms with van der Waals surface area (Å²) in [7, 11) is 0. The van der Waals surface area contributed by atoms with Gasteiger partial charge in [-0.05, 0) is 25.5 Å². The predicted molar refractivity (Wildman–Crippen MR) is 111 cm³/mol. The highest BCUT2D eigenvalue weighted by atomic mass is 19.3. The van der Waals surface area contributed by atoms with Gasteiger partial charge in [0.05, 0.1) is 36.1 Å². The fraction of sp³-hybridized carbons (Fsp3) is 0.524. The van der Waals surface area contributed by atoms with Crippen LogP contribution in [0.2, 0.25) is 0 Å². The van der Waals surface area contributed by atoms with E-state index >= 15 is 0 Å². The molecular weight excluding hydrogens is 425 g/mol. The van der Waals surface area contributed by atoms with E-state index in [0.29, 0.717) is 47.8 Å². The molecule has 0 bridgehead atoms. The maximum atomic E-state index is 14.0. The monoisotopic (exact) mass is 450 g/mol. The Kier molecular flexibility index (Phi) is 6.04. The number of fused-ring (bicyclic) bond motifs is 1. The maximum absolute atomic E-state index is 14.0. The normalized spacial score (nSPS) is 20.7. The third kappa shape index (κ3) is 4.40. The maximum Gasteiger partial charge on any atom is 0.265 e. The van der Waals surface area contributed by atoms with Gasteiger partial charge in [-0.3, -0.25) is 4.98 Å². The minimum atomic E-state index is -3.02. The summed E-state index contributed by atoms with van der Waals surface area (Å²) in [5, 5.41) is 19.2. The second-order valence-electron chi connectivity index (χ2n) is 8.20. The molecule has 3 aromatic rings. The largest absolute Gasteiger partial charge is 0.390 e. The van der Waals surface area contributed by atoms with E-state index in [1.54, 1.807) is 23.2 Å². The molecule has 0 spiro atoms. The number of hydrogen-bond donors (Lipinski definition) is 2. The number of aromatic nitrogens is 5. The number of halogens is 3. The van der Waals surface area contributed by atoms with Crippen LogP contribution in [-0.4, -0.2) is 66.0 Å². The number of piperidine rings is 1. The smallest absolute Gasteiger partial charge is 0.265 e. The van der Waals surface area contributed by atoms with Gasteiger partial charge in [-0.2, -0.15) is 0 Å². The zero-order valence-corrected chi connectivity index (χ0v) is 17.8. The number of aliphatic hydroxyl groups excluding tert-OH is 2. The van der Waals surface area contributed by atoms with E-state index < -0.39 is 30.8 Å². The molecule has 3 atom stereocenters. The topological polar surface area (TPSA) is 100 Å². The van der Waals surface area contributed by atoms with Crippen molar-refractivity contribution in [3.63, 3.8) is 0 Å². The summed E-state index contributed by atoms with van der Waals surface area (Å²) in [5.74, 6) is -2.51. The summed E-state index contributed by atoms with van der Waals surface area (Å²) in [6, 6.07) is 2.17. The summed E-state index contributed by atoms with van der Waals surface area (Å²) in [6.07, 6.45) is 1.32. The van der Waals surface area contributed by atoms with Crippen molar-refractivity contribution >= 4 is 17.0 Å². The molecule has 0 amide bonds. The van der Waals surface area contributed by atoms with Crippen molar-refractivity contribution in [3.8, 4) is 0 Å². The molecule has 32 heavy (non-hydrogen) atoms. The van der Waals surface area contributed by atoms with Crippen LogP contribution >= 0.6 is 0 Å². The lowest BCUT2D eigenvalue weighted by atomic mass is 10.1. The zero-order chi connectivity index (χ0) is 23.0. The van der Waals surface area contributed by atoms with E-state index in [4.69, 9.17) is 0 Å². The molecule has 1 aliphatic heterocycles. The first-order chi connectivity index (χ1) is 15.2. The summed E-state index contributed by atoms with van der Waals surface area (Å²) in [5.41, 5.74) is 2.08. The second kappa shape index (κ2) is 8.62. The summed E-state index contributed by atoms with van der Waals surface area (Å²) in [6.45, 7) is 2.20. The fourth-order valence-electron chi connectivity index (χ4n) is 3.85. The minimum Gasteiger partial charge on any atom is -0.390 e. The zero-order valence-electron chi connectivity index (χ0n) is 17.8. The van der Waals surface area contributed by atoms with Crippen LogP contribution in [0, 0.1) is 0 Å². The second-order valence-corrected chi connectivity index (χ2v) is 8.20. The Labute approximate surface area is 182 Å². The third-order valence-corrected chi connectivity index (χ3v) is 5.82. The van der Waals surface area contributed by atoms with Gasteiger partial charge in [-0.15, -0.1) is 0 Å². The molecule has 8 nitrogen and oxygen atoms in total. The van der Waals surface area contributed by atoms with E-state index in [1.165, 1.54) is 17.7 Å². The van der Waals surface area contributed by atoms with Crippen molar-refractivity contribution in [1.29, 1.82) is 0 Å². The van der Waals surface area contributed by atoms with Crippen molar-refractivity contribution in [2.24, 2.45) is 0 Å². The lowest BCUT2D eigenvalue weighted by molar-refractivity contribution is -0.0263. The molecule has 1 saturated heterocycles. The van der Waals surface area contributed by atoms with E-state index in [0.717, 1.165) is 6.92 Å². The van der Waals surface area contributed by atoms with E-state index in [-0.39, 0.29) is 12.4 Å². The van der Waals surface area contributed by atoms with Gasteiger partial charge >= 0.3 is 0 Å². The summed E-state index contributed by atoms with van der Waals surface area (Å²) in [4.78, 5) is 19.0. The van der Waals surface area contributed by atoms with Crippen molar-refractivity contribution in [1.82, 2.24) is 24.5 Å². The van der Waals surface area contributed by atoms with Crippen LogP contribution in [0.25, 0.3) is 11.0 Å². The minimum absolute atomic E-state index is 0.0149. The van der Waals surface area contributed by atoms with E-state index in [9.17, 15) is 23.4 Å². The number of alkyl halides is 3. The Balaban J connectivity index is 1.63. The summed E-state index contributed by atoms with van der Waals surface area (Å²) < 4.78 is 43.3. The lowest BCUT2D eigenvalue weighted by Gasteiger charge is -2.32. The average Bonchev–Trinajstić information content (AvgIpc) is 3.12. The van der Waals surface area contributed by atoms with Gasteiger partial charge in [0.1, 0.15) is 24.1 Å². The van der Waals surface area contributed by atoms with Crippen LogP contribution in [0.3, 0.4) is 0 Å². The molecule has 3 aromatic heterocycles. The molecule has 1 fully saturated rings. The SMILES string of the molecule is C[C@H](n1c(CO)nc2cnc(Cc3ccnc(N4CC[C@H](O)[C@H](F)C4)n3)cc21)C(C)(F)F. The molecule has 0 saturated carbocycles. The van der Waals surface area contributed by atoms with E-state index in [2.05, 4.69) is 19.9 Å². The van der Waals surface area contributed by atoms with Gasteiger partial charge in [0.2, 0.25) is 5.95 Å². The molecule has 172 valence electrons. The van der Waals surface area contributed by atoms with Gasteiger partial charge in [0, 0.05) is 31.8 Å². The number of nitrogens with zero attached hydrogens (tertiary/aromatic N) is 6. The van der Waals surface area contributed by atoms with Crippen LogP contribution in [0.5, 0.6) is 0 Å². The van der Waals surface area contributed by atoms with Gasteiger partial charge in [-0.1, -0.05) is 0 Å². The predicted octanol–water partition coefficient (Wildman–Crippen LogP) is 2.43. The molecule has 0 aromatic carbocycles. The van der Waals surface area contributed by atoms with Gasteiger partial charge in [0.25, 0.3) is 5.92 Å². The van der Waals surface area contributed by atoms with Crippen LogP contribution < -0.4 is 4.90 Å². The first-order valence-electron chi connectivity index (χ1n) is 10.4. The third-order valence-electron chi connectivity index (χ3n) is 5.82. The molecule has 11 heteroatoms. The first-order valence-corrected chi connectivity index (χ1v) is 10.4. The molecule has 2 N–H and O–H groups in total. The molecule has 0 radical (unpaired) electrons. The van der Waals surface area contributed by atoms with Crippen LogP contribution in [0.15, 0.2) is 24.5 Å². The molecule has 4 heterocycles. The van der Waals surface area contributed by atoms with Crippen LogP contribution in [0.4, 0.5) is 19.1 Å². The highest BCUT2D eigenvalue weighted by Crippen LogP contribution is 2.32. The first kappa shape index (κ1) is 22.4. The van der Waals surface area contributed by atoms with Crippen molar-refractivity contribution in [3.05, 3.63) is 41.7 Å². The lowest BCUT2D eigenvalue weighted by Crippen LogP contribution is -2.45. The Morgan fingerprint density at radius 3 is 2.72 bits per heavy atom. The highest BCUT2D eigenvalue weighted by molar-refractivity contribution is 5.75. The van der Waals surface area contributed by atoms with Crippen molar-refractivity contribution in [2.75, 3.05) is 18.0 Å². The molecule has 0 unspecified atom stereocenters. The molecule has 1 aliphatic rings. The molecule has 4 rings (SSSR count). The Bertz CT molecular complexity index is 1100. The quantitative estimate of drug-likeness (QED) is 0.595.